The maximum atomic E-state index is 14.1. The molecule has 6 aromatic rings. The quantitative estimate of drug-likeness (QED) is 0.0648. The number of aliphatic hydroxyl groups is 1. The van der Waals surface area contributed by atoms with Gasteiger partial charge in [-0.15, -0.1) is 32.9 Å². The van der Waals surface area contributed by atoms with Gasteiger partial charge in [0.2, 0.25) is 23.6 Å². The van der Waals surface area contributed by atoms with Crippen LogP contribution in [-0.2, 0) is 30.5 Å². The normalized spacial score (nSPS) is 18.7. The standard InChI is InChI=1S/C59H70ClN9O6S2/c1-34-23-28-76-53(34)44-11-9-39(10-12-44)31-61-56(73)48-29-46(70)32-68(48)57(74)54(59(6,7)8)64-50(72)33-75-27-26-67-24-21-42(22-25-67)41-15-13-40(14-16-41)36(3)62-49(71)30-47-55-66-65-38(5)69(55)58-51(35(2)37(4)77-58)52(63-47)43-17-19-45(60)20-18-43/h9-20,23,28,36,42,46-48,54,70H,21-22,24-27,29-33H2,1-8H3,(H,61,73)(H,62,71)(H,64,72)/t36-,46-,47+,48+,54-/m1/s1. The third-order valence-electron chi connectivity index (χ3n) is 15.2. The molecule has 4 amide bonds. The Labute approximate surface area is 464 Å². The zero-order valence-electron chi connectivity index (χ0n) is 45.2. The molecular formula is C59H70ClN9O6S2. The molecule has 0 saturated carbocycles. The number of nitrogens with one attached hydrogen (secondary N) is 3. The first kappa shape index (κ1) is 55.7. The number of β-amino-alcohol motifs (C(OH)–C–C–N with tert-alkyl or cyclic N) is 1. The van der Waals surface area contributed by atoms with Crippen LogP contribution >= 0.6 is 34.3 Å². The Kier molecular flexibility index (Phi) is 17.3. The van der Waals surface area contributed by atoms with E-state index in [9.17, 15) is 24.3 Å². The number of aromatic nitrogens is 3. The predicted molar refractivity (Wildman–Crippen MR) is 304 cm³/mol. The smallest absolute Gasteiger partial charge is 0.246 e. The number of halogens is 1. The molecule has 3 aromatic carbocycles. The lowest BCUT2D eigenvalue weighted by Crippen LogP contribution is -2.58. The summed E-state index contributed by atoms with van der Waals surface area (Å²) in [6.45, 7) is 18.7. The van der Waals surface area contributed by atoms with Gasteiger partial charge in [-0.1, -0.05) is 93.0 Å². The highest BCUT2D eigenvalue weighted by Crippen LogP contribution is 2.40. The van der Waals surface area contributed by atoms with Gasteiger partial charge in [-0.3, -0.25) is 28.7 Å². The lowest BCUT2D eigenvalue weighted by Gasteiger charge is -2.35. The molecule has 5 atom stereocenters. The molecule has 0 spiro atoms. The number of benzene rings is 3. The third kappa shape index (κ3) is 12.8. The van der Waals surface area contributed by atoms with Crippen LogP contribution in [0.15, 0.2) is 89.2 Å². The summed E-state index contributed by atoms with van der Waals surface area (Å²) in [5, 5.41) is 32.4. The monoisotopic (exact) mass is 1100 g/mol. The first-order valence-corrected chi connectivity index (χ1v) is 28.6. The summed E-state index contributed by atoms with van der Waals surface area (Å²) in [6, 6.07) is 23.8. The van der Waals surface area contributed by atoms with Crippen LogP contribution in [0.2, 0.25) is 5.02 Å². The van der Waals surface area contributed by atoms with Crippen molar-refractivity contribution in [2.45, 2.75) is 124 Å². The molecule has 3 aromatic heterocycles. The average molecular weight is 1100 g/mol. The van der Waals surface area contributed by atoms with Crippen molar-refractivity contribution in [2.24, 2.45) is 10.4 Å². The summed E-state index contributed by atoms with van der Waals surface area (Å²) in [5.41, 5.74) is 8.74. The van der Waals surface area contributed by atoms with E-state index in [2.05, 4.69) is 92.1 Å². The van der Waals surface area contributed by atoms with Gasteiger partial charge in [-0.2, -0.15) is 0 Å². The molecule has 2 saturated heterocycles. The average Bonchev–Trinajstić information content (AvgIpc) is 4.31. The highest BCUT2D eigenvalue weighted by Gasteiger charge is 2.44. The Balaban J connectivity index is 0.718. The number of aliphatic hydroxyl groups excluding tert-OH is 1. The number of carbonyl (C=O) groups is 4. The number of hydrogen-bond donors (Lipinski definition) is 4. The number of ether oxygens (including phenoxy) is 1. The lowest BCUT2D eigenvalue weighted by molar-refractivity contribution is -0.144. The van der Waals surface area contributed by atoms with E-state index in [1.165, 1.54) is 25.8 Å². The van der Waals surface area contributed by atoms with Crippen LogP contribution in [0.3, 0.4) is 0 Å². The number of rotatable bonds is 17. The highest BCUT2D eigenvalue weighted by molar-refractivity contribution is 7.15. The molecule has 3 aliphatic rings. The first-order chi connectivity index (χ1) is 36.8. The van der Waals surface area contributed by atoms with Crippen molar-refractivity contribution in [2.75, 3.05) is 39.4 Å². The van der Waals surface area contributed by atoms with Crippen molar-refractivity contribution < 1.29 is 29.0 Å². The number of carbonyl (C=O) groups excluding carboxylic acids is 4. The molecule has 0 bridgehead atoms. The topological polar surface area (TPSA) is 183 Å². The van der Waals surface area contributed by atoms with Gasteiger partial charge in [0.15, 0.2) is 5.82 Å². The molecule has 9 rings (SSSR count). The van der Waals surface area contributed by atoms with Gasteiger partial charge in [0.05, 0.1) is 30.9 Å². The van der Waals surface area contributed by atoms with E-state index in [4.69, 9.17) is 21.3 Å². The van der Waals surface area contributed by atoms with Gasteiger partial charge in [0.1, 0.15) is 35.6 Å². The zero-order valence-corrected chi connectivity index (χ0v) is 47.6. The van der Waals surface area contributed by atoms with E-state index in [-0.39, 0.29) is 50.4 Å². The lowest BCUT2D eigenvalue weighted by atomic mass is 9.85. The summed E-state index contributed by atoms with van der Waals surface area (Å²) in [7, 11) is 0. The minimum Gasteiger partial charge on any atom is -0.391 e. The highest BCUT2D eigenvalue weighted by atomic mass is 35.5. The molecular weight excluding hydrogens is 1030 g/mol. The first-order valence-electron chi connectivity index (χ1n) is 26.6. The van der Waals surface area contributed by atoms with Crippen LogP contribution in [0.5, 0.6) is 0 Å². The maximum Gasteiger partial charge on any atom is 0.246 e. The Morgan fingerprint density at radius 3 is 2.26 bits per heavy atom. The van der Waals surface area contributed by atoms with Gasteiger partial charge in [0.25, 0.3) is 0 Å². The van der Waals surface area contributed by atoms with Crippen molar-refractivity contribution in [3.8, 4) is 15.4 Å². The second-order valence-corrected chi connectivity index (χ2v) is 24.4. The van der Waals surface area contributed by atoms with Crippen LogP contribution in [-0.4, -0.2) is 117 Å². The van der Waals surface area contributed by atoms with Crippen molar-refractivity contribution in [1.82, 2.24) is 40.5 Å². The number of nitrogens with zero attached hydrogens (tertiary/aromatic N) is 6. The fourth-order valence-corrected chi connectivity index (χ4v) is 12.9. The van der Waals surface area contributed by atoms with E-state index in [1.54, 1.807) is 22.7 Å². The van der Waals surface area contributed by atoms with Gasteiger partial charge in [0, 0.05) is 52.0 Å². The van der Waals surface area contributed by atoms with Crippen molar-refractivity contribution in [3.05, 3.63) is 145 Å². The van der Waals surface area contributed by atoms with Gasteiger partial charge in [-0.05, 0) is 129 Å². The van der Waals surface area contributed by atoms with Gasteiger partial charge >= 0.3 is 0 Å². The number of likely N-dealkylation sites (tertiary alicyclic amines) is 2. The van der Waals surface area contributed by atoms with Crippen LogP contribution < -0.4 is 16.0 Å². The number of fused-ring (bicyclic) bond motifs is 3. The number of piperidine rings is 1. The molecule has 4 N–H and O–H groups in total. The number of hydrogen-bond acceptors (Lipinski definition) is 12. The van der Waals surface area contributed by atoms with Crippen LogP contribution in [0.25, 0.3) is 15.4 Å². The summed E-state index contributed by atoms with van der Waals surface area (Å²) >= 11 is 9.66. The van der Waals surface area contributed by atoms with Crippen molar-refractivity contribution >= 4 is 63.6 Å². The fourth-order valence-electron chi connectivity index (χ4n) is 10.7. The molecule has 0 unspecified atom stereocenters. The largest absolute Gasteiger partial charge is 0.391 e. The van der Waals surface area contributed by atoms with Gasteiger partial charge < -0.3 is 35.6 Å². The number of aryl methyl sites for hydroxylation is 3. The fraction of sp³-hybridized carbons (Fsp3) is 0.441. The molecule has 15 nitrogen and oxygen atoms in total. The summed E-state index contributed by atoms with van der Waals surface area (Å²) in [6.07, 6.45) is 1.31. The number of thiophene rings is 2. The van der Waals surface area contributed by atoms with E-state index in [1.807, 2.05) is 83.1 Å². The summed E-state index contributed by atoms with van der Waals surface area (Å²) < 4.78 is 7.91. The second kappa shape index (κ2) is 23.9. The number of aliphatic imine (C=N–C) groups is 1. The molecule has 6 heterocycles. The Morgan fingerprint density at radius 1 is 0.883 bits per heavy atom. The molecule has 77 heavy (non-hydrogen) atoms. The molecule has 0 aliphatic carbocycles. The zero-order chi connectivity index (χ0) is 54.7. The molecule has 2 fully saturated rings. The third-order valence-corrected chi connectivity index (χ3v) is 17.7. The Hall–Kier alpha value is -6.08. The second-order valence-electron chi connectivity index (χ2n) is 21.8. The maximum absolute atomic E-state index is 14.1. The van der Waals surface area contributed by atoms with Crippen molar-refractivity contribution in [3.63, 3.8) is 0 Å². The Morgan fingerprint density at radius 2 is 1.58 bits per heavy atom. The summed E-state index contributed by atoms with van der Waals surface area (Å²) in [5.74, 6) is 0.460. The van der Waals surface area contributed by atoms with E-state index < -0.39 is 41.5 Å². The van der Waals surface area contributed by atoms with E-state index in [0.29, 0.717) is 29.9 Å². The van der Waals surface area contributed by atoms with Crippen LogP contribution in [0.1, 0.15) is 127 Å². The molecule has 0 radical (unpaired) electrons. The van der Waals surface area contributed by atoms with Crippen molar-refractivity contribution in [1.29, 1.82) is 0 Å². The minimum absolute atomic E-state index is 0.00161. The Bertz CT molecular complexity index is 3120. The minimum atomic E-state index is -0.941. The molecule has 3 aliphatic heterocycles. The van der Waals surface area contributed by atoms with Crippen LogP contribution in [0, 0.1) is 33.1 Å². The SMILES string of the molecule is Cc1ccsc1-c1ccc(CNC(=O)[C@@H]2C[C@@H](O)CN2C(=O)[C@@H](NC(=O)COCCN2CCC(c3ccc([C@@H](C)NC(=O)C[C@@H]4N=C(c5ccc(Cl)cc5)c5c(sc(C)c5C)-n5c(C)nnc54)cc3)CC2)C(C)(C)C)cc1. The summed E-state index contributed by atoms with van der Waals surface area (Å²) in [4.78, 5) is 66.2. The number of amides is 4. The molecule has 406 valence electrons. The molecule has 18 heteroatoms. The predicted octanol–water partition coefficient (Wildman–Crippen LogP) is 9.11. The van der Waals surface area contributed by atoms with E-state index in [0.717, 1.165) is 75.8 Å². The van der Waals surface area contributed by atoms with E-state index >= 15 is 0 Å². The van der Waals surface area contributed by atoms with Gasteiger partial charge in [-0.25, -0.2) is 0 Å². The van der Waals surface area contributed by atoms with Crippen LogP contribution in [0.4, 0.5) is 0 Å².